The minimum Gasteiger partial charge on any atom is -0.330 e. The molecule has 0 atom stereocenters. The quantitative estimate of drug-likeness (QED) is 0.404. The van der Waals surface area contributed by atoms with E-state index in [2.05, 4.69) is 39.9 Å². The first-order valence-corrected chi connectivity index (χ1v) is 10.7. The molecule has 4 rings (SSSR count). The zero-order valence-electron chi connectivity index (χ0n) is 18.3. The first-order valence-electron chi connectivity index (χ1n) is 10.3. The number of rotatable bonds is 6. The molecule has 2 N–H and O–H groups in total. The molecular weight excluding hydrogens is 423 g/mol. The Morgan fingerprint density at radius 2 is 1.69 bits per heavy atom. The number of aromatic nitrogens is 4. The largest absolute Gasteiger partial charge is 0.330 e. The molecule has 0 bridgehead atoms. The zero-order valence-corrected chi connectivity index (χ0v) is 19.1. The van der Waals surface area contributed by atoms with Gasteiger partial charge in [0, 0.05) is 11.8 Å². The van der Waals surface area contributed by atoms with Crippen molar-refractivity contribution in [3.63, 3.8) is 0 Å². The molecule has 2 heterocycles. The van der Waals surface area contributed by atoms with E-state index >= 15 is 0 Å². The average molecular weight is 449 g/mol. The van der Waals surface area contributed by atoms with Gasteiger partial charge in [0.25, 0.3) is 0 Å². The van der Waals surface area contributed by atoms with Gasteiger partial charge in [0.05, 0.1) is 42.0 Å². The molecular formula is C24H25FN6S. The van der Waals surface area contributed by atoms with Gasteiger partial charge in [0.15, 0.2) is 5.11 Å². The fourth-order valence-corrected chi connectivity index (χ4v) is 3.79. The van der Waals surface area contributed by atoms with Gasteiger partial charge in [-0.3, -0.25) is 9.36 Å². The van der Waals surface area contributed by atoms with Crippen molar-refractivity contribution < 1.29 is 4.39 Å². The lowest BCUT2D eigenvalue weighted by molar-refractivity contribution is 0.585. The maximum absolute atomic E-state index is 13.9. The molecule has 0 radical (unpaired) electrons. The summed E-state index contributed by atoms with van der Waals surface area (Å²) in [6.07, 6.45) is 3.46. The average Bonchev–Trinajstić information content (AvgIpc) is 3.30. The summed E-state index contributed by atoms with van der Waals surface area (Å²) in [6.45, 7) is 7.13. The molecule has 32 heavy (non-hydrogen) atoms. The van der Waals surface area contributed by atoms with Gasteiger partial charge in [-0.05, 0) is 50.2 Å². The Hall–Kier alpha value is -3.52. The molecule has 0 spiro atoms. The summed E-state index contributed by atoms with van der Waals surface area (Å²) >= 11 is 5.50. The van der Waals surface area contributed by atoms with Crippen LogP contribution >= 0.6 is 12.2 Å². The Bertz CT molecular complexity index is 1260. The van der Waals surface area contributed by atoms with Gasteiger partial charge in [0.2, 0.25) is 0 Å². The normalized spacial score (nSPS) is 10.9. The van der Waals surface area contributed by atoms with E-state index < -0.39 is 0 Å². The van der Waals surface area contributed by atoms with Crippen molar-refractivity contribution in [1.29, 1.82) is 0 Å². The number of anilines is 2. The molecule has 0 saturated heterocycles. The van der Waals surface area contributed by atoms with Crippen LogP contribution in [0.4, 0.5) is 15.8 Å². The summed E-state index contributed by atoms with van der Waals surface area (Å²) in [4.78, 5) is 0. The van der Waals surface area contributed by atoms with Crippen LogP contribution in [0, 0.1) is 26.6 Å². The Balaban J connectivity index is 1.41. The molecule has 0 fully saturated rings. The third-order valence-corrected chi connectivity index (χ3v) is 5.59. The van der Waals surface area contributed by atoms with E-state index in [4.69, 9.17) is 12.2 Å². The molecule has 2 aromatic carbocycles. The first kappa shape index (κ1) is 21.7. The van der Waals surface area contributed by atoms with Gasteiger partial charge >= 0.3 is 0 Å². The molecule has 0 aliphatic rings. The second kappa shape index (κ2) is 9.32. The van der Waals surface area contributed by atoms with Gasteiger partial charge in [-0.2, -0.15) is 10.2 Å². The highest BCUT2D eigenvalue weighted by atomic mass is 32.1. The number of thiocarbonyl (C=S) groups is 1. The second-order valence-electron chi connectivity index (χ2n) is 7.73. The molecule has 0 amide bonds. The van der Waals surface area contributed by atoms with Crippen LogP contribution in [0.5, 0.6) is 0 Å². The third kappa shape index (κ3) is 4.86. The van der Waals surface area contributed by atoms with Gasteiger partial charge in [-0.25, -0.2) is 4.39 Å². The fraction of sp³-hybridized carbons (Fsp3) is 0.208. The van der Waals surface area contributed by atoms with Crippen LogP contribution in [0.25, 0.3) is 0 Å². The lowest BCUT2D eigenvalue weighted by atomic mass is 10.1. The Morgan fingerprint density at radius 1 is 0.969 bits per heavy atom. The van der Waals surface area contributed by atoms with E-state index in [1.807, 2.05) is 36.7 Å². The van der Waals surface area contributed by atoms with Crippen molar-refractivity contribution in [2.45, 2.75) is 33.9 Å². The van der Waals surface area contributed by atoms with Crippen molar-refractivity contribution in [1.82, 2.24) is 19.6 Å². The number of halogens is 1. The minimum absolute atomic E-state index is 0.247. The molecule has 0 aliphatic carbocycles. The highest BCUT2D eigenvalue weighted by molar-refractivity contribution is 7.80. The molecule has 4 aromatic rings. The van der Waals surface area contributed by atoms with Crippen LogP contribution in [0.1, 0.15) is 28.1 Å². The van der Waals surface area contributed by atoms with E-state index in [1.54, 1.807) is 29.2 Å². The van der Waals surface area contributed by atoms with Gasteiger partial charge < -0.3 is 10.6 Å². The molecule has 0 aliphatic heterocycles. The maximum Gasteiger partial charge on any atom is 0.175 e. The Labute approximate surface area is 192 Å². The summed E-state index contributed by atoms with van der Waals surface area (Å²) < 4.78 is 17.5. The van der Waals surface area contributed by atoms with Crippen molar-refractivity contribution in [3.05, 3.63) is 94.8 Å². The van der Waals surface area contributed by atoms with Crippen LogP contribution in [-0.2, 0) is 13.1 Å². The highest BCUT2D eigenvalue weighted by Crippen LogP contribution is 2.22. The standard InChI is InChI=1S/C24H25FN6S/c1-16-8-4-5-9-19(16)14-31-18(3)23(17(2)29-31)28-24(32)27-21-12-26-30(15-21)13-20-10-6-7-11-22(20)25/h4-12,15H,13-14H2,1-3H3,(H2,27,28,32). The predicted molar refractivity (Wildman–Crippen MR) is 130 cm³/mol. The van der Waals surface area contributed by atoms with E-state index in [-0.39, 0.29) is 5.82 Å². The molecule has 8 heteroatoms. The molecule has 164 valence electrons. The maximum atomic E-state index is 13.9. The highest BCUT2D eigenvalue weighted by Gasteiger charge is 2.14. The van der Waals surface area contributed by atoms with Crippen molar-refractivity contribution in [2.24, 2.45) is 0 Å². The summed E-state index contributed by atoms with van der Waals surface area (Å²) in [7, 11) is 0. The zero-order chi connectivity index (χ0) is 22.7. The fourth-order valence-electron chi connectivity index (χ4n) is 3.57. The van der Waals surface area contributed by atoms with Crippen LogP contribution in [0.3, 0.4) is 0 Å². The van der Waals surface area contributed by atoms with E-state index in [1.165, 1.54) is 17.2 Å². The van der Waals surface area contributed by atoms with E-state index in [9.17, 15) is 4.39 Å². The third-order valence-electron chi connectivity index (χ3n) is 5.38. The number of nitrogens with zero attached hydrogens (tertiary/aromatic N) is 4. The van der Waals surface area contributed by atoms with Crippen LogP contribution < -0.4 is 10.6 Å². The van der Waals surface area contributed by atoms with Gasteiger partial charge in [-0.1, -0.05) is 42.5 Å². The summed E-state index contributed by atoms with van der Waals surface area (Å²) in [5.74, 6) is -0.247. The minimum atomic E-state index is -0.247. The number of nitrogens with one attached hydrogen (secondary N) is 2. The van der Waals surface area contributed by atoms with Crippen LogP contribution in [-0.4, -0.2) is 24.7 Å². The Kier molecular flexibility index (Phi) is 6.32. The molecule has 2 aromatic heterocycles. The number of hydrogen-bond donors (Lipinski definition) is 2. The molecule has 0 unspecified atom stereocenters. The second-order valence-corrected chi connectivity index (χ2v) is 8.14. The lowest BCUT2D eigenvalue weighted by Gasteiger charge is -2.11. The number of benzene rings is 2. The van der Waals surface area contributed by atoms with E-state index in [0.29, 0.717) is 23.8 Å². The van der Waals surface area contributed by atoms with Crippen LogP contribution in [0.15, 0.2) is 60.9 Å². The van der Waals surface area contributed by atoms with Gasteiger partial charge in [-0.15, -0.1) is 0 Å². The van der Waals surface area contributed by atoms with Gasteiger partial charge in [0.1, 0.15) is 5.82 Å². The SMILES string of the molecule is Cc1ccccc1Cn1nc(C)c(NC(=S)Nc2cnn(Cc3ccccc3F)c2)c1C. The molecule has 0 saturated carbocycles. The number of hydrogen-bond acceptors (Lipinski definition) is 3. The van der Waals surface area contributed by atoms with Crippen LogP contribution in [0.2, 0.25) is 0 Å². The summed E-state index contributed by atoms with van der Waals surface area (Å²) in [6, 6.07) is 15.0. The smallest absolute Gasteiger partial charge is 0.175 e. The predicted octanol–water partition coefficient (Wildman–Crippen LogP) is 5.05. The van der Waals surface area contributed by atoms with Crippen molar-refractivity contribution in [2.75, 3.05) is 10.6 Å². The summed E-state index contributed by atoms with van der Waals surface area (Å²) in [5.41, 5.74) is 6.53. The van der Waals surface area contributed by atoms with Crippen molar-refractivity contribution >= 4 is 28.7 Å². The first-order chi connectivity index (χ1) is 15.4. The molecule has 6 nitrogen and oxygen atoms in total. The Morgan fingerprint density at radius 3 is 2.44 bits per heavy atom. The summed E-state index contributed by atoms with van der Waals surface area (Å²) in [5, 5.41) is 15.8. The van der Waals surface area contributed by atoms with Crippen molar-refractivity contribution in [3.8, 4) is 0 Å². The number of aryl methyl sites for hydroxylation is 2. The van der Waals surface area contributed by atoms with E-state index in [0.717, 1.165) is 22.8 Å². The lowest BCUT2D eigenvalue weighted by Crippen LogP contribution is -2.19. The topological polar surface area (TPSA) is 59.7 Å². The monoisotopic (exact) mass is 448 g/mol.